The van der Waals surface area contributed by atoms with Crippen LogP contribution in [0.1, 0.15) is 33.5 Å². The molecule has 0 bridgehead atoms. The lowest BCUT2D eigenvalue weighted by molar-refractivity contribution is -0.00441. The molecule has 7 heteroatoms. The number of amides is 1. The number of aromatic amines is 1. The number of hydrogen-bond acceptors (Lipinski definition) is 5. The van der Waals surface area contributed by atoms with Gasteiger partial charge in [-0.15, -0.1) is 0 Å². The third-order valence-electron chi connectivity index (χ3n) is 3.59. The van der Waals surface area contributed by atoms with E-state index in [2.05, 4.69) is 20.2 Å². The van der Waals surface area contributed by atoms with Crippen molar-refractivity contribution in [3.05, 3.63) is 41.2 Å². The van der Waals surface area contributed by atoms with E-state index in [0.717, 1.165) is 17.0 Å². The van der Waals surface area contributed by atoms with Gasteiger partial charge in [0.05, 0.1) is 43.0 Å². The van der Waals surface area contributed by atoms with Gasteiger partial charge in [0, 0.05) is 12.7 Å². The zero-order chi connectivity index (χ0) is 14.8. The number of carbonyl (C=O) groups is 1. The van der Waals surface area contributed by atoms with Gasteiger partial charge in [0.15, 0.2) is 0 Å². The Balaban J connectivity index is 1.89. The van der Waals surface area contributed by atoms with Crippen LogP contribution in [0, 0.1) is 13.8 Å². The molecular weight excluding hydrogens is 270 g/mol. The summed E-state index contributed by atoms with van der Waals surface area (Å²) in [7, 11) is 0. The molecule has 1 aliphatic rings. The summed E-state index contributed by atoms with van der Waals surface area (Å²) >= 11 is 0. The maximum absolute atomic E-state index is 12.7. The van der Waals surface area contributed by atoms with Crippen LogP contribution >= 0.6 is 0 Å². The molecule has 2 aromatic rings. The van der Waals surface area contributed by atoms with Gasteiger partial charge < -0.3 is 9.64 Å². The van der Waals surface area contributed by atoms with Crippen LogP contribution in [0.3, 0.4) is 0 Å². The summed E-state index contributed by atoms with van der Waals surface area (Å²) in [6, 6.07) is -0.170. The number of aromatic nitrogens is 4. The van der Waals surface area contributed by atoms with Gasteiger partial charge in [-0.25, -0.2) is 4.98 Å². The van der Waals surface area contributed by atoms with E-state index >= 15 is 0 Å². The molecule has 1 unspecified atom stereocenters. The van der Waals surface area contributed by atoms with Gasteiger partial charge in [-0.1, -0.05) is 0 Å². The van der Waals surface area contributed by atoms with Gasteiger partial charge in [-0.3, -0.25) is 14.9 Å². The smallest absolute Gasteiger partial charge is 0.274 e. The molecule has 0 radical (unpaired) electrons. The summed E-state index contributed by atoms with van der Waals surface area (Å²) < 4.78 is 5.52. The predicted octanol–water partition coefficient (Wildman–Crippen LogP) is 1.03. The largest absolute Gasteiger partial charge is 0.377 e. The quantitative estimate of drug-likeness (QED) is 0.892. The van der Waals surface area contributed by atoms with Crippen molar-refractivity contribution >= 4 is 5.91 Å². The predicted molar refractivity (Wildman–Crippen MR) is 74.7 cm³/mol. The highest BCUT2D eigenvalue weighted by molar-refractivity contribution is 5.92. The molecule has 1 aliphatic heterocycles. The highest BCUT2D eigenvalue weighted by Crippen LogP contribution is 2.26. The Bertz CT molecular complexity index is 637. The second-order valence-electron chi connectivity index (χ2n) is 5.10. The summed E-state index contributed by atoms with van der Waals surface area (Å²) in [6.45, 7) is 5.30. The van der Waals surface area contributed by atoms with E-state index in [0.29, 0.717) is 25.5 Å². The summed E-state index contributed by atoms with van der Waals surface area (Å²) in [5.74, 6) is -0.134. The topological polar surface area (TPSA) is 84.0 Å². The van der Waals surface area contributed by atoms with Crippen LogP contribution in [-0.4, -0.2) is 50.7 Å². The Hall–Kier alpha value is -2.28. The lowest BCUT2D eigenvalue weighted by Crippen LogP contribution is -2.44. The second-order valence-corrected chi connectivity index (χ2v) is 5.10. The molecule has 1 atom stereocenters. The van der Waals surface area contributed by atoms with E-state index in [-0.39, 0.29) is 11.9 Å². The fourth-order valence-corrected chi connectivity index (χ4v) is 2.43. The van der Waals surface area contributed by atoms with Crippen LogP contribution in [0.2, 0.25) is 0 Å². The number of carbonyl (C=O) groups excluding carboxylic acids is 1. The lowest BCUT2D eigenvalue weighted by Gasteiger charge is -2.35. The molecule has 0 aromatic carbocycles. The summed E-state index contributed by atoms with van der Waals surface area (Å²) in [4.78, 5) is 22.7. The zero-order valence-corrected chi connectivity index (χ0v) is 12.0. The van der Waals surface area contributed by atoms with Crippen molar-refractivity contribution in [1.29, 1.82) is 0 Å². The maximum Gasteiger partial charge on any atom is 0.274 e. The Morgan fingerprint density at radius 1 is 1.33 bits per heavy atom. The van der Waals surface area contributed by atoms with Gasteiger partial charge in [0.1, 0.15) is 5.69 Å². The molecule has 1 amide bonds. The van der Waals surface area contributed by atoms with Crippen molar-refractivity contribution in [2.24, 2.45) is 0 Å². The van der Waals surface area contributed by atoms with Crippen LogP contribution in [0.25, 0.3) is 0 Å². The molecule has 0 spiro atoms. The van der Waals surface area contributed by atoms with E-state index in [4.69, 9.17) is 4.74 Å². The van der Waals surface area contributed by atoms with Crippen molar-refractivity contribution in [1.82, 2.24) is 25.1 Å². The van der Waals surface area contributed by atoms with Crippen LogP contribution in [0.5, 0.6) is 0 Å². The number of H-pyrrole nitrogens is 1. The van der Waals surface area contributed by atoms with Gasteiger partial charge >= 0.3 is 0 Å². The van der Waals surface area contributed by atoms with E-state index in [1.54, 1.807) is 17.3 Å². The van der Waals surface area contributed by atoms with E-state index < -0.39 is 0 Å². The Morgan fingerprint density at radius 2 is 2.19 bits per heavy atom. The van der Waals surface area contributed by atoms with Crippen molar-refractivity contribution in [2.45, 2.75) is 19.9 Å². The van der Waals surface area contributed by atoms with Crippen molar-refractivity contribution in [3.8, 4) is 0 Å². The molecule has 1 saturated heterocycles. The normalized spacial score (nSPS) is 18.8. The van der Waals surface area contributed by atoms with Crippen LogP contribution in [0.4, 0.5) is 0 Å². The number of rotatable bonds is 2. The third-order valence-corrected chi connectivity index (χ3v) is 3.59. The monoisotopic (exact) mass is 287 g/mol. The number of nitrogens with one attached hydrogen (secondary N) is 1. The third kappa shape index (κ3) is 2.64. The minimum absolute atomic E-state index is 0.134. The fourth-order valence-electron chi connectivity index (χ4n) is 2.43. The first kappa shape index (κ1) is 13.7. The van der Waals surface area contributed by atoms with Gasteiger partial charge in [-0.2, -0.15) is 5.10 Å². The van der Waals surface area contributed by atoms with E-state index in [9.17, 15) is 4.79 Å². The van der Waals surface area contributed by atoms with Crippen LogP contribution < -0.4 is 0 Å². The average Bonchev–Trinajstić information content (AvgIpc) is 2.93. The molecule has 0 saturated carbocycles. The molecule has 3 rings (SSSR count). The highest BCUT2D eigenvalue weighted by atomic mass is 16.5. The standard InChI is InChI=1S/C14H17N5O2/c1-9-5-17-18-13(9)12-8-21-4-3-19(12)14(20)11-7-15-10(2)6-16-11/h5-7,12H,3-4,8H2,1-2H3,(H,17,18). The maximum atomic E-state index is 12.7. The van der Waals surface area contributed by atoms with Crippen LogP contribution in [0.15, 0.2) is 18.6 Å². The van der Waals surface area contributed by atoms with Gasteiger partial charge in [0.2, 0.25) is 0 Å². The molecule has 0 aliphatic carbocycles. The summed E-state index contributed by atoms with van der Waals surface area (Å²) in [6.07, 6.45) is 4.87. The van der Waals surface area contributed by atoms with Gasteiger partial charge in [-0.05, 0) is 19.4 Å². The number of nitrogens with zero attached hydrogens (tertiary/aromatic N) is 4. The number of aryl methyl sites for hydroxylation is 2. The molecule has 1 fully saturated rings. The van der Waals surface area contributed by atoms with Crippen LogP contribution in [-0.2, 0) is 4.74 Å². The molecule has 21 heavy (non-hydrogen) atoms. The number of morpholine rings is 1. The lowest BCUT2D eigenvalue weighted by atomic mass is 10.1. The number of hydrogen-bond donors (Lipinski definition) is 1. The van der Waals surface area contributed by atoms with Gasteiger partial charge in [0.25, 0.3) is 5.91 Å². The van der Waals surface area contributed by atoms with Crippen molar-refractivity contribution in [3.63, 3.8) is 0 Å². The zero-order valence-electron chi connectivity index (χ0n) is 12.0. The first-order valence-corrected chi connectivity index (χ1v) is 6.84. The first-order chi connectivity index (χ1) is 10.2. The fraction of sp³-hybridized carbons (Fsp3) is 0.429. The van der Waals surface area contributed by atoms with Crippen molar-refractivity contribution in [2.75, 3.05) is 19.8 Å². The van der Waals surface area contributed by atoms with E-state index in [1.807, 2.05) is 13.8 Å². The SMILES string of the molecule is Cc1cnc(C(=O)N2CCOCC2c2[nH]ncc2C)cn1. The average molecular weight is 287 g/mol. The molecule has 110 valence electrons. The molecule has 3 heterocycles. The number of ether oxygens (including phenoxy) is 1. The molecular formula is C14H17N5O2. The molecule has 1 N–H and O–H groups in total. The minimum Gasteiger partial charge on any atom is -0.377 e. The minimum atomic E-state index is -0.170. The highest BCUT2D eigenvalue weighted by Gasteiger charge is 2.32. The van der Waals surface area contributed by atoms with Crippen molar-refractivity contribution < 1.29 is 9.53 Å². The second kappa shape index (κ2) is 5.61. The first-order valence-electron chi connectivity index (χ1n) is 6.84. The molecule has 7 nitrogen and oxygen atoms in total. The Morgan fingerprint density at radius 3 is 2.86 bits per heavy atom. The summed E-state index contributed by atoms with van der Waals surface area (Å²) in [5, 5.41) is 6.99. The Kier molecular flexibility index (Phi) is 3.66. The summed E-state index contributed by atoms with van der Waals surface area (Å²) in [5.41, 5.74) is 3.06. The van der Waals surface area contributed by atoms with E-state index in [1.165, 1.54) is 6.20 Å². The molecule has 2 aromatic heterocycles. The Labute approximate surface area is 122 Å².